The van der Waals surface area contributed by atoms with Gasteiger partial charge in [-0.15, -0.1) is 0 Å². The summed E-state index contributed by atoms with van der Waals surface area (Å²) < 4.78 is 25.7. The molecule has 1 amide bonds. The van der Waals surface area contributed by atoms with Crippen LogP contribution >= 0.6 is 0 Å². The van der Waals surface area contributed by atoms with Crippen molar-refractivity contribution in [1.29, 1.82) is 0 Å². The fraction of sp³-hybridized carbons (Fsp3) is 0.500. The number of carbonyl (C=O) groups is 1. The molecule has 1 rings (SSSR count). The van der Waals surface area contributed by atoms with E-state index in [9.17, 15) is 18.7 Å². The van der Waals surface area contributed by atoms with Crippen LogP contribution in [0.25, 0.3) is 0 Å². The highest BCUT2D eigenvalue weighted by molar-refractivity contribution is 5.77. The number of hydrogen-bond donors (Lipinski definition) is 2. The Labute approximate surface area is 111 Å². The molecule has 0 saturated heterocycles. The van der Waals surface area contributed by atoms with E-state index >= 15 is 0 Å². The summed E-state index contributed by atoms with van der Waals surface area (Å²) in [4.78, 5) is 11.7. The van der Waals surface area contributed by atoms with Crippen molar-refractivity contribution in [3.05, 3.63) is 35.4 Å². The molecule has 106 valence electrons. The Morgan fingerprint density at radius 3 is 2.58 bits per heavy atom. The van der Waals surface area contributed by atoms with Gasteiger partial charge in [-0.05, 0) is 37.5 Å². The highest BCUT2D eigenvalue weighted by Crippen LogP contribution is 2.12. The van der Waals surface area contributed by atoms with Gasteiger partial charge in [0.05, 0.1) is 12.1 Å². The third kappa shape index (κ3) is 4.59. The lowest BCUT2D eigenvalue weighted by atomic mass is 9.99. The normalized spacial score (nSPS) is 13.9. The van der Waals surface area contributed by atoms with Crippen LogP contribution in [0.5, 0.6) is 0 Å². The Morgan fingerprint density at radius 2 is 2.05 bits per heavy atom. The first-order valence-electron chi connectivity index (χ1n) is 6.26. The van der Waals surface area contributed by atoms with Crippen molar-refractivity contribution in [3.63, 3.8) is 0 Å². The van der Waals surface area contributed by atoms with Crippen LogP contribution in [0.2, 0.25) is 0 Å². The Morgan fingerprint density at radius 1 is 1.37 bits per heavy atom. The molecule has 0 aliphatic carbocycles. The van der Waals surface area contributed by atoms with Gasteiger partial charge in [0, 0.05) is 6.42 Å². The number of aryl methyl sites for hydroxylation is 1. The molecule has 0 aliphatic heterocycles. The van der Waals surface area contributed by atoms with Crippen molar-refractivity contribution in [2.24, 2.45) is 0 Å². The van der Waals surface area contributed by atoms with Crippen LogP contribution < -0.4 is 5.32 Å². The Kier molecular flexibility index (Phi) is 5.42. The van der Waals surface area contributed by atoms with Crippen LogP contribution in [0.3, 0.4) is 0 Å². The lowest BCUT2D eigenvalue weighted by Gasteiger charge is -2.27. The molecule has 0 bridgehead atoms. The molecule has 0 heterocycles. The van der Waals surface area contributed by atoms with E-state index in [-0.39, 0.29) is 18.9 Å². The molecule has 0 aliphatic rings. The monoisotopic (exact) mass is 271 g/mol. The second-order valence-corrected chi connectivity index (χ2v) is 4.87. The summed E-state index contributed by atoms with van der Waals surface area (Å²) in [5.74, 6) is -2.03. The third-order valence-corrected chi connectivity index (χ3v) is 3.20. The lowest BCUT2D eigenvalue weighted by molar-refractivity contribution is -0.123. The number of aliphatic hydroxyl groups is 1. The molecule has 1 atom stereocenters. The maximum absolute atomic E-state index is 13.0. The van der Waals surface area contributed by atoms with Gasteiger partial charge >= 0.3 is 0 Å². The van der Waals surface area contributed by atoms with Gasteiger partial charge in [-0.3, -0.25) is 4.79 Å². The molecule has 5 heteroatoms. The summed E-state index contributed by atoms with van der Waals surface area (Å²) >= 11 is 0. The number of carbonyl (C=O) groups excluding carboxylic acids is 1. The molecule has 19 heavy (non-hydrogen) atoms. The summed E-state index contributed by atoms with van der Waals surface area (Å²) in [7, 11) is 0. The standard InChI is InChI=1S/C14H19F2NO2/c1-3-14(2,9-18)17-13(19)7-5-10-4-6-11(15)12(16)8-10/h4,6,8,18H,3,5,7,9H2,1-2H3,(H,17,19). The number of nitrogens with one attached hydrogen (secondary N) is 1. The molecule has 0 saturated carbocycles. The minimum Gasteiger partial charge on any atom is -0.394 e. The van der Waals surface area contributed by atoms with E-state index in [2.05, 4.69) is 5.32 Å². The zero-order valence-electron chi connectivity index (χ0n) is 11.2. The highest BCUT2D eigenvalue weighted by Gasteiger charge is 2.22. The van der Waals surface area contributed by atoms with Gasteiger partial charge in [0.1, 0.15) is 0 Å². The predicted octanol–water partition coefficient (Wildman–Crippen LogP) is 2.17. The van der Waals surface area contributed by atoms with Crippen LogP contribution in [-0.4, -0.2) is 23.2 Å². The van der Waals surface area contributed by atoms with Crippen molar-refractivity contribution in [1.82, 2.24) is 5.32 Å². The fourth-order valence-electron chi connectivity index (χ4n) is 1.59. The summed E-state index contributed by atoms with van der Waals surface area (Å²) in [6.45, 7) is 3.48. The van der Waals surface area contributed by atoms with Crippen molar-refractivity contribution < 1.29 is 18.7 Å². The minimum atomic E-state index is -0.910. The average molecular weight is 271 g/mol. The largest absolute Gasteiger partial charge is 0.394 e. The van der Waals surface area contributed by atoms with Gasteiger partial charge in [0.15, 0.2) is 11.6 Å². The Balaban J connectivity index is 2.52. The maximum atomic E-state index is 13.0. The molecule has 1 aromatic carbocycles. The number of benzene rings is 1. The molecule has 1 unspecified atom stereocenters. The number of hydrogen-bond acceptors (Lipinski definition) is 2. The van der Waals surface area contributed by atoms with Gasteiger partial charge in [-0.2, -0.15) is 0 Å². The topological polar surface area (TPSA) is 49.3 Å². The molecular weight excluding hydrogens is 252 g/mol. The molecular formula is C14H19F2NO2. The highest BCUT2D eigenvalue weighted by atomic mass is 19.2. The smallest absolute Gasteiger partial charge is 0.220 e. The third-order valence-electron chi connectivity index (χ3n) is 3.20. The lowest BCUT2D eigenvalue weighted by Crippen LogP contribution is -2.48. The molecule has 0 fully saturated rings. The summed E-state index contributed by atoms with van der Waals surface area (Å²) in [6, 6.07) is 3.59. The van der Waals surface area contributed by atoms with E-state index in [1.807, 2.05) is 6.92 Å². The molecule has 0 aromatic heterocycles. The predicted molar refractivity (Wildman–Crippen MR) is 68.6 cm³/mol. The SMILES string of the molecule is CCC(C)(CO)NC(=O)CCc1ccc(F)c(F)c1. The average Bonchev–Trinajstić information content (AvgIpc) is 2.40. The van der Waals surface area contributed by atoms with E-state index in [0.29, 0.717) is 18.4 Å². The fourth-order valence-corrected chi connectivity index (χ4v) is 1.59. The number of aliphatic hydroxyl groups excluding tert-OH is 1. The Hall–Kier alpha value is -1.49. The van der Waals surface area contributed by atoms with Crippen LogP contribution in [0.15, 0.2) is 18.2 Å². The van der Waals surface area contributed by atoms with Crippen LogP contribution in [-0.2, 0) is 11.2 Å². The van der Waals surface area contributed by atoms with Gasteiger partial charge in [0.2, 0.25) is 5.91 Å². The van der Waals surface area contributed by atoms with Crippen molar-refractivity contribution in [3.8, 4) is 0 Å². The summed E-state index contributed by atoms with van der Waals surface area (Å²) in [6.07, 6.45) is 1.11. The first-order chi connectivity index (χ1) is 8.90. The van der Waals surface area contributed by atoms with Crippen LogP contribution in [0.1, 0.15) is 32.3 Å². The van der Waals surface area contributed by atoms with E-state index in [1.165, 1.54) is 6.07 Å². The summed E-state index contributed by atoms with van der Waals surface area (Å²) in [5, 5.41) is 11.9. The molecule has 0 spiro atoms. The maximum Gasteiger partial charge on any atom is 0.220 e. The minimum absolute atomic E-state index is 0.138. The quantitative estimate of drug-likeness (QED) is 0.833. The zero-order chi connectivity index (χ0) is 14.5. The second-order valence-electron chi connectivity index (χ2n) is 4.87. The van der Waals surface area contributed by atoms with E-state index in [4.69, 9.17) is 0 Å². The Bertz CT molecular complexity index is 445. The first-order valence-corrected chi connectivity index (χ1v) is 6.26. The van der Waals surface area contributed by atoms with Crippen molar-refractivity contribution in [2.45, 2.75) is 38.6 Å². The number of rotatable bonds is 6. The van der Waals surface area contributed by atoms with Gasteiger partial charge in [-0.25, -0.2) is 8.78 Å². The van der Waals surface area contributed by atoms with Crippen molar-refractivity contribution in [2.75, 3.05) is 6.61 Å². The number of amides is 1. The zero-order valence-corrected chi connectivity index (χ0v) is 11.2. The van der Waals surface area contributed by atoms with E-state index < -0.39 is 17.2 Å². The molecule has 2 N–H and O–H groups in total. The van der Waals surface area contributed by atoms with E-state index in [0.717, 1.165) is 12.1 Å². The molecule has 1 aromatic rings. The van der Waals surface area contributed by atoms with Gasteiger partial charge < -0.3 is 10.4 Å². The van der Waals surface area contributed by atoms with Crippen LogP contribution in [0, 0.1) is 11.6 Å². The van der Waals surface area contributed by atoms with Gasteiger partial charge in [-0.1, -0.05) is 13.0 Å². The van der Waals surface area contributed by atoms with Crippen LogP contribution in [0.4, 0.5) is 8.78 Å². The molecule has 0 radical (unpaired) electrons. The second kappa shape index (κ2) is 6.61. The number of halogens is 2. The van der Waals surface area contributed by atoms with Gasteiger partial charge in [0.25, 0.3) is 0 Å². The molecule has 3 nitrogen and oxygen atoms in total. The van der Waals surface area contributed by atoms with Crippen molar-refractivity contribution >= 4 is 5.91 Å². The summed E-state index contributed by atoms with van der Waals surface area (Å²) in [5.41, 5.74) is -0.0678. The first kappa shape index (κ1) is 15.6. The van der Waals surface area contributed by atoms with E-state index in [1.54, 1.807) is 6.92 Å².